The monoisotopic (exact) mass is 496 g/mol. The second-order valence-corrected chi connectivity index (χ2v) is 8.83. The third kappa shape index (κ3) is 4.93. The largest absolute Gasteiger partial charge is 0.491 e. The molecule has 0 amide bonds. The second kappa shape index (κ2) is 9.72. The highest BCUT2D eigenvalue weighted by molar-refractivity contribution is 6.35. The van der Waals surface area contributed by atoms with E-state index in [0.717, 1.165) is 22.8 Å². The van der Waals surface area contributed by atoms with Crippen LogP contribution in [0.4, 0.5) is 0 Å². The van der Waals surface area contributed by atoms with Gasteiger partial charge in [-0.15, -0.1) is 0 Å². The van der Waals surface area contributed by atoms with Gasteiger partial charge in [0.2, 0.25) is 5.79 Å². The van der Waals surface area contributed by atoms with Crippen molar-refractivity contribution in [2.24, 2.45) is 0 Å². The molecule has 2 unspecified atom stereocenters. The zero-order valence-electron chi connectivity index (χ0n) is 18.4. The molecule has 2 aromatic heterocycles. The zero-order chi connectivity index (χ0) is 23.5. The molecule has 3 heterocycles. The molecule has 2 atom stereocenters. The van der Waals surface area contributed by atoms with Crippen LogP contribution in [0, 0.1) is 6.92 Å². The Morgan fingerprint density at radius 3 is 2.71 bits per heavy atom. The fourth-order valence-electron chi connectivity index (χ4n) is 3.90. The van der Waals surface area contributed by atoms with Crippen molar-refractivity contribution >= 4 is 23.2 Å². The number of aromatic nitrogens is 4. The molecule has 1 saturated heterocycles. The maximum absolute atomic E-state index is 6.53. The van der Waals surface area contributed by atoms with E-state index in [9.17, 15) is 0 Å². The standard InChI is InChI=1S/C25H22Cl2N4O3/c1-17-29-9-8-24(30-17)18-2-5-20(6-3-18)32-13-21-14-33-25(34-21,15-31-11-10-28-16-31)22-7-4-19(26)12-23(22)27/h2-12,16,21H,13-15H2,1H3. The van der Waals surface area contributed by atoms with Gasteiger partial charge in [0, 0.05) is 34.7 Å². The van der Waals surface area contributed by atoms with Crippen LogP contribution in [0.5, 0.6) is 5.75 Å². The summed E-state index contributed by atoms with van der Waals surface area (Å²) in [6, 6.07) is 14.9. The molecule has 174 valence electrons. The minimum atomic E-state index is -1.08. The maximum atomic E-state index is 6.53. The molecule has 0 saturated carbocycles. The summed E-state index contributed by atoms with van der Waals surface area (Å²) in [6.45, 7) is 2.93. The van der Waals surface area contributed by atoms with Gasteiger partial charge in [0.25, 0.3) is 0 Å². The summed E-state index contributed by atoms with van der Waals surface area (Å²) in [7, 11) is 0. The molecule has 0 bridgehead atoms. The molecule has 4 aromatic rings. The third-order valence-corrected chi connectivity index (χ3v) is 6.06. The Labute approximate surface area is 207 Å². The van der Waals surface area contributed by atoms with Gasteiger partial charge in [-0.05, 0) is 49.4 Å². The normalized spacial score (nSPS) is 19.9. The molecule has 0 spiro atoms. The predicted octanol–water partition coefficient (Wildman–Crippen LogP) is 5.30. The third-order valence-electron chi connectivity index (χ3n) is 5.51. The minimum Gasteiger partial charge on any atom is -0.491 e. The van der Waals surface area contributed by atoms with Crippen LogP contribution in [0.15, 0.2) is 73.4 Å². The Morgan fingerprint density at radius 2 is 1.97 bits per heavy atom. The summed E-state index contributed by atoms with van der Waals surface area (Å²) < 4.78 is 20.5. The van der Waals surface area contributed by atoms with E-state index < -0.39 is 5.79 Å². The molecule has 7 nitrogen and oxygen atoms in total. The fraction of sp³-hybridized carbons (Fsp3) is 0.240. The van der Waals surface area contributed by atoms with Gasteiger partial charge >= 0.3 is 0 Å². The Morgan fingerprint density at radius 1 is 1.12 bits per heavy atom. The molecule has 5 rings (SSSR count). The quantitative estimate of drug-likeness (QED) is 0.345. The van der Waals surface area contributed by atoms with Gasteiger partial charge in [0.1, 0.15) is 24.3 Å². The predicted molar refractivity (Wildman–Crippen MR) is 129 cm³/mol. The van der Waals surface area contributed by atoms with E-state index in [1.165, 1.54) is 0 Å². The molecule has 0 radical (unpaired) electrons. The van der Waals surface area contributed by atoms with Gasteiger partial charge in [0.05, 0.1) is 30.2 Å². The van der Waals surface area contributed by atoms with Crippen LogP contribution in [0.2, 0.25) is 10.0 Å². The Bertz CT molecular complexity index is 1270. The zero-order valence-corrected chi connectivity index (χ0v) is 19.9. The number of benzene rings is 2. The number of aryl methyl sites for hydroxylation is 1. The highest BCUT2D eigenvalue weighted by atomic mass is 35.5. The van der Waals surface area contributed by atoms with Crippen LogP contribution in [-0.2, 0) is 21.8 Å². The summed E-state index contributed by atoms with van der Waals surface area (Å²) in [6.07, 6.45) is 6.73. The van der Waals surface area contributed by atoms with Gasteiger partial charge in [-0.1, -0.05) is 29.3 Å². The number of imidazole rings is 1. The average molecular weight is 497 g/mol. The van der Waals surface area contributed by atoms with E-state index in [0.29, 0.717) is 35.4 Å². The first kappa shape index (κ1) is 22.8. The minimum absolute atomic E-state index is 0.292. The van der Waals surface area contributed by atoms with Crippen LogP contribution >= 0.6 is 23.2 Å². The van der Waals surface area contributed by atoms with E-state index in [1.54, 1.807) is 30.9 Å². The molecule has 2 aromatic carbocycles. The lowest BCUT2D eigenvalue weighted by Gasteiger charge is -2.30. The van der Waals surface area contributed by atoms with Crippen molar-refractivity contribution in [2.45, 2.75) is 25.4 Å². The van der Waals surface area contributed by atoms with Crippen LogP contribution < -0.4 is 4.74 Å². The number of hydrogen-bond donors (Lipinski definition) is 0. The van der Waals surface area contributed by atoms with E-state index in [4.69, 9.17) is 37.4 Å². The van der Waals surface area contributed by atoms with Gasteiger partial charge in [-0.3, -0.25) is 0 Å². The first-order chi connectivity index (χ1) is 16.5. The molecular weight excluding hydrogens is 475 g/mol. The molecule has 34 heavy (non-hydrogen) atoms. The van der Waals surface area contributed by atoms with Crippen LogP contribution in [-0.4, -0.2) is 38.8 Å². The fourth-order valence-corrected chi connectivity index (χ4v) is 4.46. The lowest BCUT2D eigenvalue weighted by Crippen LogP contribution is -2.34. The highest BCUT2D eigenvalue weighted by Crippen LogP contribution is 2.40. The number of ether oxygens (including phenoxy) is 3. The van der Waals surface area contributed by atoms with Crippen molar-refractivity contribution in [2.75, 3.05) is 13.2 Å². The molecular formula is C25H22Cl2N4O3. The molecule has 1 fully saturated rings. The van der Waals surface area contributed by atoms with E-state index in [1.807, 2.05) is 54.1 Å². The topological polar surface area (TPSA) is 71.3 Å². The van der Waals surface area contributed by atoms with Gasteiger partial charge < -0.3 is 18.8 Å². The van der Waals surface area contributed by atoms with Gasteiger partial charge in [-0.25, -0.2) is 15.0 Å². The highest BCUT2D eigenvalue weighted by Gasteiger charge is 2.45. The molecule has 0 aliphatic carbocycles. The number of hydrogen-bond acceptors (Lipinski definition) is 6. The molecule has 1 aliphatic rings. The molecule has 1 aliphatic heterocycles. The summed E-state index contributed by atoms with van der Waals surface area (Å²) in [4.78, 5) is 12.7. The summed E-state index contributed by atoms with van der Waals surface area (Å²) in [5.74, 6) is 0.386. The number of rotatable bonds is 7. The number of halogens is 2. The van der Waals surface area contributed by atoms with Crippen LogP contribution in [0.3, 0.4) is 0 Å². The molecule has 0 N–H and O–H groups in total. The maximum Gasteiger partial charge on any atom is 0.215 e. The number of nitrogens with zero attached hydrogens (tertiary/aromatic N) is 4. The summed E-state index contributed by atoms with van der Waals surface area (Å²) >= 11 is 12.6. The van der Waals surface area contributed by atoms with Crippen molar-refractivity contribution in [3.63, 3.8) is 0 Å². The Balaban J connectivity index is 1.29. The van der Waals surface area contributed by atoms with Crippen molar-refractivity contribution in [3.05, 3.63) is 94.9 Å². The van der Waals surface area contributed by atoms with Crippen LogP contribution in [0.25, 0.3) is 11.3 Å². The van der Waals surface area contributed by atoms with E-state index in [-0.39, 0.29) is 6.10 Å². The Hall–Kier alpha value is -2.97. The summed E-state index contributed by atoms with van der Waals surface area (Å²) in [5, 5.41) is 1.02. The smallest absolute Gasteiger partial charge is 0.215 e. The molecule has 9 heteroatoms. The van der Waals surface area contributed by atoms with Crippen molar-refractivity contribution < 1.29 is 14.2 Å². The van der Waals surface area contributed by atoms with Crippen molar-refractivity contribution in [3.8, 4) is 17.0 Å². The Kier molecular flexibility index (Phi) is 6.52. The lowest BCUT2D eigenvalue weighted by atomic mass is 10.1. The van der Waals surface area contributed by atoms with Gasteiger partial charge in [-0.2, -0.15) is 0 Å². The van der Waals surface area contributed by atoms with E-state index >= 15 is 0 Å². The van der Waals surface area contributed by atoms with Gasteiger partial charge in [0.15, 0.2) is 0 Å². The SMILES string of the molecule is Cc1nccc(-c2ccc(OCC3COC(Cn4ccnc4)(c4ccc(Cl)cc4Cl)O3)cc2)n1. The van der Waals surface area contributed by atoms with Crippen molar-refractivity contribution in [1.29, 1.82) is 0 Å². The van der Waals surface area contributed by atoms with Crippen molar-refractivity contribution in [1.82, 2.24) is 19.5 Å². The van der Waals surface area contributed by atoms with E-state index in [2.05, 4.69) is 15.0 Å². The lowest BCUT2D eigenvalue weighted by molar-refractivity contribution is -0.189. The first-order valence-corrected chi connectivity index (χ1v) is 11.5. The summed E-state index contributed by atoms with van der Waals surface area (Å²) in [5.41, 5.74) is 2.57. The average Bonchev–Trinajstić information content (AvgIpc) is 3.49. The second-order valence-electron chi connectivity index (χ2n) is 7.99. The first-order valence-electron chi connectivity index (χ1n) is 10.8. The van der Waals surface area contributed by atoms with Crippen LogP contribution in [0.1, 0.15) is 11.4 Å².